The Morgan fingerprint density at radius 1 is 1.15 bits per heavy atom. The number of ether oxygens (including phenoxy) is 1. The Balaban J connectivity index is 1.62. The molecule has 0 saturated heterocycles. The normalized spacial score (nSPS) is 10.9. The standard InChI is InChI=1S/C20H16N4O3/c1-2-27-20(26)15-12-21-24-10-9-14(11-18(15)24)22-19(25)17-8-7-13-5-3-4-6-16(13)23-17/h3-12H,2H2,1H3,(H,22,25). The highest BCUT2D eigenvalue weighted by Crippen LogP contribution is 2.18. The highest BCUT2D eigenvalue weighted by Gasteiger charge is 2.15. The van der Waals surface area contributed by atoms with Crippen LogP contribution < -0.4 is 5.32 Å². The van der Waals surface area contributed by atoms with Gasteiger partial charge < -0.3 is 10.1 Å². The number of anilines is 1. The first-order valence-corrected chi connectivity index (χ1v) is 8.47. The maximum absolute atomic E-state index is 12.6. The first kappa shape index (κ1) is 16.7. The van der Waals surface area contributed by atoms with E-state index in [0.29, 0.717) is 22.5 Å². The number of aromatic nitrogens is 3. The van der Waals surface area contributed by atoms with Gasteiger partial charge in [-0.15, -0.1) is 0 Å². The third kappa shape index (κ3) is 3.22. The minimum atomic E-state index is -0.452. The van der Waals surface area contributed by atoms with Gasteiger partial charge in [0.1, 0.15) is 11.3 Å². The average Bonchev–Trinajstić information content (AvgIpc) is 3.11. The molecule has 0 unspecified atom stereocenters. The molecule has 1 N–H and O–H groups in total. The van der Waals surface area contributed by atoms with Crippen LogP contribution in [0.4, 0.5) is 5.69 Å². The second-order valence-corrected chi connectivity index (χ2v) is 5.87. The number of carbonyl (C=O) groups excluding carboxylic acids is 2. The first-order chi connectivity index (χ1) is 13.2. The lowest BCUT2D eigenvalue weighted by atomic mass is 10.2. The molecule has 0 aliphatic carbocycles. The molecule has 7 heteroatoms. The summed E-state index contributed by atoms with van der Waals surface area (Å²) in [7, 11) is 0. The molecule has 3 heterocycles. The van der Waals surface area contributed by atoms with E-state index in [1.165, 1.54) is 6.20 Å². The highest BCUT2D eigenvalue weighted by atomic mass is 16.5. The van der Waals surface area contributed by atoms with Gasteiger partial charge in [-0.1, -0.05) is 24.3 Å². The molecule has 4 aromatic rings. The quantitative estimate of drug-likeness (QED) is 0.564. The Morgan fingerprint density at radius 2 is 2.00 bits per heavy atom. The van der Waals surface area contributed by atoms with Gasteiger partial charge in [0.25, 0.3) is 5.91 Å². The molecule has 0 atom stereocenters. The number of para-hydroxylation sites is 1. The fourth-order valence-electron chi connectivity index (χ4n) is 2.81. The summed E-state index contributed by atoms with van der Waals surface area (Å²) < 4.78 is 6.59. The first-order valence-electron chi connectivity index (χ1n) is 8.47. The summed E-state index contributed by atoms with van der Waals surface area (Å²) in [4.78, 5) is 29.0. The number of nitrogens with one attached hydrogen (secondary N) is 1. The summed E-state index contributed by atoms with van der Waals surface area (Å²) in [5.41, 5.74) is 2.50. The van der Waals surface area contributed by atoms with E-state index in [4.69, 9.17) is 4.74 Å². The van der Waals surface area contributed by atoms with Gasteiger partial charge in [0, 0.05) is 17.3 Å². The van der Waals surface area contributed by atoms with E-state index >= 15 is 0 Å². The number of carbonyl (C=O) groups is 2. The zero-order chi connectivity index (χ0) is 18.8. The summed E-state index contributed by atoms with van der Waals surface area (Å²) >= 11 is 0. The van der Waals surface area contributed by atoms with Crippen molar-refractivity contribution in [2.24, 2.45) is 0 Å². The lowest BCUT2D eigenvalue weighted by molar-refractivity contribution is 0.0528. The lowest BCUT2D eigenvalue weighted by Crippen LogP contribution is -2.14. The fourth-order valence-corrected chi connectivity index (χ4v) is 2.81. The second-order valence-electron chi connectivity index (χ2n) is 5.87. The van der Waals surface area contributed by atoms with E-state index in [0.717, 1.165) is 10.9 Å². The Kier molecular flexibility index (Phi) is 4.25. The predicted octanol–water partition coefficient (Wildman–Crippen LogP) is 3.31. The number of esters is 1. The Hall–Kier alpha value is -3.74. The molecular formula is C20H16N4O3. The van der Waals surface area contributed by atoms with Gasteiger partial charge in [0.05, 0.1) is 23.8 Å². The molecule has 0 spiro atoms. The maximum atomic E-state index is 12.6. The fraction of sp³-hybridized carbons (Fsp3) is 0.100. The van der Waals surface area contributed by atoms with Crippen molar-refractivity contribution in [3.8, 4) is 0 Å². The Labute approximate surface area is 154 Å². The van der Waals surface area contributed by atoms with Crippen LogP contribution >= 0.6 is 0 Å². The van der Waals surface area contributed by atoms with Crippen molar-refractivity contribution in [2.75, 3.05) is 11.9 Å². The number of hydrogen-bond donors (Lipinski definition) is 1. The molecule has 0 saturated carbocycles. The third-order valence-corrected chi connectivity index (χ3v) is 4.11. The van der Waals surface area contributed by atoms with Gasteiger partial charge in [-0.25, -0.2) is 14.3 Å². The monoisotopic (exact) mass is 360 g/mol. The molecule has 0 aliphatic heterocycles. The number of amides is 1. The molecule has 0 fully saturated rings. The van der Waals surface area contributed by atoms with Gasteiger partial charge in [-0.2, -0.15) is 5.10 Å². The Morgan fingerprint density at radius 3 is 2.85 bits per heavy atom. The number of pyridine rings is 2. The summed E-state index contributed by atoms with van der Waals surface area (Å²) in [6.07, 6.45) is 3.12. The molecule has 7 nitrogen and oxygen atoms in total. The lowest BCUT2D eigenvalue weighted by Gasteiger charge is -2.07. The van der Waals surface area contributed by atoms with Crippen molar-refractivity contribution < 1.29 is 14.3 Å². The number of fused-ring (bicyclic) bond motifs is 2. The van der Waals surface area contributed by atoms with Crippen molar-refractivity contribution in [3.63, 3.8) is 0 Å². The molecule has 27 heavy (non-hydrogen) atoms. The minimum absolute atomic E-state index is 0.278. The van der Waals surface area contributed by atoms with Gasteiger partial charge >= 0.3 is 5.97 Å². The van der Waals surface area contributed by atoms with Crippen LogP contribution in [0.2, 0.25) is 0 Å². The molecule has 4 rings (SSSR count). The minimum Gasteiger partial charge on any atom is -0.462 e. The summed E-state index contributed by atoms with van der Waals surface area (Å²) in [5.74, 6) is -0.783. The SMILES string of the molecule is CCOC(=O)c1cnn2ccc(NC(=O)c3ccc4ccccc4n3)cc12. The van der Waals surface area contributed by atoms with Crippen LogP contribution in [0.15, 0.2) is 60.9 Å². The van der Waals surface area contributed by atoms with Crippen molar-refractivity contribution >= 4 is 34.0 Å². The van der Waals surface area contributed by atoms with Gasteiger partial charge in [-0.3, -0.25) is 4.79 Å². The zero-order valence-corrected chi connectivity index (χ0v) is 14.5. The van der Waals surface area contributed by atoms with E-state index in [9.17, 15) is 9.59 Å². The summed E-state index contributed by atoms with van der Waals surface area (Å²) in [6, 6.07) is 14.5. The predicted molar refractivity (Wildman–Crippen MR) is 101 cm³/mol. The van der Waals surface area contributed by atoms with E-state index in [2.05, 4.69) is 15.4 Å². The molecular weight excluding hydrogens is 344 g/mol. The van der Waals surface area contributed by atoms with Crippen LogP contribution in [0, 0.1) is 0 Å². The number of hydrogen-bond acceptors (Lipinski definition) is 5. The van der Waals surface area contributed by atoms with Gasteiger partial charge in [0.2, 0.25) is 0 Å². The summed E-state index contributed by atoms with van der Waals surface area (Å²) in [6.45, 7) is 2.02. The second kappa shape index (κ2) is 6.87. The number of nitrogens with zero attached hydrogens (tertiary/aromatic N) is 3. The maximum Gasteiger partial charge on any atom is 0.341 e. The largest absolute Gasteiger partial charge is 0.462 e. The van der Waals surface area contributed by atoms with Crippen molar-refractivity contribution in [1.29, 1.82) is 0 Å². The molecule has 1 aromatic carbocycles. The van der Waals surface area contributed by atoms with Crippen molar-refractivity contribution in [2.45, 2.75) is 6.92 Å². The van der Waals surface area contributed by atoms with E-state index < -0.39 is 5.97 Å². The van der Waals surface area contributed by atoms with Gasteiger partial charge in [-0.05, 0) is 31.2 Å². The average molecular weight is 360 g/mol. The van der Waals surface area contributed by atoms with Crippen LogP contribution in [0.25, 0.3) is 16.4 Å². The summed E-state index contributed by atoms with van der Waals surface area (Å²) in [5, 5.41) is 7.90. The van der Waals surface area contributed by atoms with Crippen LogP contribution in [0.3, 0.4) is 0 Å². The molecule has 134 valence electrons. The Bertz CT molecular complexity index is 1170. The van der Waals surface area contributed by atoms with E-state index in [-0.39, 0.29) is 12.5 Å². The van der Waals surface area contributed by atoms with Crippen LogP contribution in [-0.2, 0) is 4.74 Å². The van der Waals surface area contributed by atoms with Crippen LogP contribution in [0.5, 0.6) is 0 Å². The molecule has 0 bridgehead atoms. The van der Waals surface area contributed by atoms with Crippen molar-refractivity contribution in [1.82, 2.24) is 14.6 Å². The zero-order valence-electron chi connectivity index (χ0n) is 14.5. The van der Waals surface area contributed by atoms with Crippen LogP contribution in [-0.4, -0.2) is 33.1 Å². The van der Waals surface area contributed by atoms with E-state index in [1.807, 2.05) is 30.3 Å². The molecule has 3 aromatic heterocycles. The third-order valence-electron chi connectivity index (χ3n) is 4.11. The molecule has 1 amide bonds. The van der Waals surface area contributed by atoms with Crippen LogP contribution in [0.1, 0.15) is 27.8 Å². The highest BCUT2D eigenvalue weighted by molar-refractivity contribution is 6.05. The van der Waals surface area contributed by atoms with Crippen molar-refractivity contribution in [3.05, 3.63) is 72.2 Å². The number of benzene rings is 1. The smallest absolute Gasteiger partial charge is 0.341 e. The molecule has 0 aliphatic rings. The molecule has 0 radical (unpaired) electrons. The van der Waals surface area contributed by atoms with E-state index in [1.54, 1.807) is 35.8 Å². The topological polar surface area (TPSA) is 85.6 Å². The number of rotatable bonds is 4. The van der Waals surface area contributed by atoms with Gasteiger partial charge in [0.15, 0.2) is 0 Å².